The average molecular weight is 356 g/mol. The highest BCUT2D eigenvalue weighted by molar-refractivity contribution is 6.31. The molecule has 0 bridgehead atoms. The predicted octanol–water partition coefficient (Wildman–Crippen LogP) is 4.75. The molecule has 2 aromatic carbocycles. The molecular formula is C19H18ClN3O2. The van der Waals surface area contributed by atoms with E-state index in [0.29, 0.717) is 27.9 Å². The van der Waals surface area contributed by atoms with Gasteiger partial charge in [0.15, 0.2) is 0 Å². The van der Waals surface area contributed by atoms with Crippen LogP contribution in [0.3, 0.4) is 0 Å². The summed E-state index contributed by atoms with van der Waals surface area (Å²) < 4.78 is 5.19. The van der Waals surface area contributed by atoms with Crippen LogP contribution in [0.2, 0.25) is 5.02 Å². The van der Waals surface area contributed by atoms with Crippen molar-refractivity contribution in [2.75, 3.05) is 12.5 Å². The van der Waals surface area contributed by atoms with Gasteiger partial charge in [-0.1, -0.05) is 11.6 Å². The molecule has 128 valence electrons. The monoisotopic (exact) mass is 355 g/mol. The molecule has 0 atom stereocenters. The maximum atomic E-state index is 10.0. The SMILES string of the molecule is COc1ccc(O)c(/C(C)=N/Nc2cc(C)c3cc(Cl)ccc3n2)c1. The number of nitrogens with one attached hydrogen (secondary N) is 1. The number of benzene rings is 2. The number of halogens is 1. The molecule has 3 aromatic rings. The van der Waals surface area contributed by atoms with E-state index in [4.69, 9.17) is 16.3 Å². The number of hydrazone groups is 1. The lowest BCUT2D eigenvalue weighted by Gasteiger charge is -2.09. The van der Waals surface area contributed by atoms with E-state index in [1.165, 1.54) is 0 Å². The molecule has 0 aliphatic carbocycles. The number of anilines is 1. The molecule has 0 unspecified atom stereocenters. The number of phenolic OH excluding ortho intramolecular Hbond substituents is 1. The number of ether oxygens (including phenoxy) is 1. The molecular weight excluding hydrogens is 338 g/mol. The van der Waals surface area contributed by atoms with Gasteiger partial charge in [-0.3, -0.25) is 5.43 Å². The van der Waals surface area contributed by atoms with Crippen molar-refractivity contribution in [3.8, 4) is 11.5 Å². The van der Waals surface area contributed by atoms with Crippen LogP contribution >= 0.6 is 11.6 Å². The van der Waals surface area contributed by atoms with Crippen LogP contribution in [0.4, 0.5) is 5.82 Å². The summed E-state index contributed by atoms with van der Waals surface area (Å²) in [4.78, 5) is 4.53. The second-order valence-corrected chi connectivity index (χ2v) is 6.11. The largest absolute Gasteiger partial charge is 0.507 e. The summed E-state index contributed by atoms with van der Waals surface area (Å²) in [6.07, 6.45) is 0. The average Bonchev–Trinajstić information content (AvgIpc) is 2.60. The first-order valence-corrected chi connectivity index (χ1v) is 8.10. The van der Waals surface area contributed by atoms with Gasteiger partial charge in [-0.2, -0.15) is 5.10 Å². The molecule has 25 heavy (non-hydrogen) atoms. The molecule has 3 rings (SSSR count). The summed E-state index contributed by atoms with van der Waals surface area (Å²) in [5.74, 6) is 1.41. The van der Waals surface area contributed by atoms with Crippen LogP contribution in [0.1, 0.15) is 18.1 Å². The normalized spacial score (nSPS) is 11.6. The third kappa shape index (κ3) is 3.67. The Kier molecular flexibility index (Phi) is 4.76. The van der Waals surface area contributed by atoms with Gasteiger partial charge in [-0.05, 0) is 61.9 Å². The van der Waals surface area contributed by atoms with Crippen molar-refractivity contribution in [3.05, 3.63) is 58.6 Å². The van der Waals surface area contributed by atoms with E-state index in [1.54, 1.807) is 32.2 Å². The van der Waals surface area contributed by atoms with Gasteiger partial charge < -0.3 is 9.84 Å². The van der Waals surface area contributed by atoms with Gasteiger partial charge in [0.25, 0.3) is 0 Å². The fraction of sp³-hybridized carbons (Fsp3) is 0.158. The lowest BCUT2D eigenvalue weighted by molar-refractivity contribution is 0.412. The Hall–Kier alpha value is -2.79. The number of hydrogen-bond donors (Lipinski definition) is 2. The molecule has 0 saturated heterocycles. The molecule has 0 spiro atoms. The highest BCUT2D eigenvalue weighted by Gasteiger charge is 2.08. The molecule has 0 radical (unpaired) electrons. The quantitative estimate of drug-likeness (QED) is 0.523. The smallest absolute Gasteiger partial charge is 0.147 e. The number of aryl methyl sites for hydroxylation is 1. The summed E-state index contributed by atoms with van der Waals surface area (Å²) in [7, 11) is 1.58. The number of aromatic nitrogens is 1. The third-order valence-electron chi connectivity index (χ3n) is 3.91. The summed E-state index contributed by atoms with van der Waals surface area (Å²) in [5.41, 5.74) is 6.04. The molecule has 1 aromatic heterocycles. The Morgan fingerprint density at radius 2 is 2.00 bits per heavy atom. The molecule has 0 aliphatic rings. The van der Waals surface area contributed by atoms with Crippen LogP contribution in [-0.4, -0.2) is 22.9 Å². The van der Waals surface area contributed by atoms with Crippen molar-refractivity contribution in [2.45, 2.75) is 13.8 Å². The first kappa shape index (κ1) is 17.0. The van der Waals surface area contributed by atoms with Crippen LogP contribution in [0.5, 0.6) is 11.5 Å². The van der Waals surface area contributed by atoms with E-state index in [1.807, 2.05) is 31.2 Å². The molecule has 0 saturated carbocycles. The van der Waals surface area contributed by atoms with Crippen molar-refractivity contribution >= 4 is 34.0 Å². The van der Waals surface area contributed by atoms with Crippen molar-refractivity contribution in [2.24, 2.45) is 5.10 Å². The molecule has 2 N–H and O–H groups in total. The van der Waals surface area contributed by atoms with E-state index in [9.17, 15) is 5.11 Å². The van der Waals surface area contributed by atoms with Gasteiger partial charge in [-0.15, -0.1) is 0 Å². The van der Waals surface area contributed by atoms with E-state index < -0.39 is 0 Å². The van der Waals surface area contributed by atoms with Gasteiger partial charge in [0.05, 0.1) is 18.3 Å². The van der Waals surface area contributed by atoms with E-state index >= 15 is 0 Å². The van der Waals surface area contributed by atoms with Gasteiger partial charge in [-0.25, -0.2) is 4.98 Å². The predicted molar refractivity (Wildman–Crippen MR) is 102 cm³/mol. The van der Waals surface area contributed by atoms with Gasteiger partial charge >= 0.3 is 0 Å². The minimum atomic E-state index is 0.140. The summed E-state index contributed by atoms with van der Waals surface area (Å²) >= 11 is 6.04. The summed E-state index contributed by atoms with van der Waals surface area (Å²) in [6, 6.07) is 12.5. The second-order valence-electron chi connectivity index (χ2n) is 5.68. The fourth-order valence-electron chi connectivity index (χ4n) is 2.56. The van der Waals surface area contributed by atoms with Gasteiger partial charge in [0.1, 0.15) is 17.3 Å². The zero-order valence-electron chi connectivity index (χ0n) is 14.2. The number of rotatable bonds is 4. The first-order chi connectivity index (χ1) is 12.0. The van der Waals surface area contributed by atoms with E-state index in [-0.39, 0.29) is 5.75 Å². The van der Waals surface area contributed by atoms with Crippen LogP contribution < -0.4 is 10.2 Å². The van der Waals surface area contributed by atoms with Gasteiger partial charge in [0, 0.05) is 16.0 Å². The molecule has 0 aliphatic heterocycles. The number of phenols is 1. The zero-order valence-corrected chi connectivity index (χ0v) is 14.9. The van der Waals surface area contributed by atoms with Crippen LogP contribution in [0.25, 0.3) is 10.9 Å². The molecule has 5 nitrogen and oxygen atoms in total. The Morgan fingerprint density at radius 1 is 1.20 bits per heavy atom. The fourth-order valence-corrected chi connectivity index (χ4v) is 2.73. The zero-order chi connectivity index (χ0) is 18.0. The maximum Gasteiger partial charge on any atom is 0.147 e. The van der Waals surface area contributed by atoms with Crippen LogP contribution in [0.15, 0.2) is 47.6 Å². The van der Waals surface area contributed by atoms with E-state index in [2.05, 4.69) is 15.5 Å². The van der Waals surface area contributed by atoms with Crippen molar-refractivity contribution < 1.29 is 9.84 Å². The Labute approximate surface area is 150 Å². The van der Waals surface area contributed by atoms with E-state index in [0.717, 1.165) is 16.5 Å². The number of pyridine rings is 1. The van der Waals surface area contributed by atoms with Crippen LogP contribution in [-0.2, 0) is 0 Å². The highest BCUT2D eigenvalue weighted by atomic mass is 35.5. The summed E-state index contributed by atoms with van der Waals surface area (Å²) in [6.45, 7) is 3.80. The summed E-state index contributed by atoms with van der Waals surface area (Å²) in [5, 5.41) is 16.0. The third-order valence-corrected chi connectivity index (χ3v) is 4.14. The maximum absolute atomic E-state index is 10.0. The Morgan fingerprint density at radius 3 is 2.76 bits per heavy atom. The van der Waals surface area contributed by atoms with Crippen LogP contribution in [0, 0.1) is 6.92 Å². The number of nitrogens with zero attached hydrogens (tertiary/aromatic N) is 2. The van der Waals surface area contributed by atoms with Crippen molar-refractivity contribution in [1.29, 1.82) is 0 Å². The van der Waals surface area contributed by atoms with Crippen molar-refractivity contribution in [3.63, 3.8) is 0 Å². The number of aromatic hydroxyl groups is 1. The minimum absolute atomic E-state index is 0.140. The molecule has 0 amide bonds. The number of hydrogen-bond acceptors (Lipinski definition) is 5. The van der Waals surface area contributed by atoms with Crippen molar-refractivity contribution in [1.82, 2.24) is 4.98 Å². The number of fused-ring (bicyclic) bond motifs is 1. The standard InChI is InChI=1S/C19H18ClN3O2/c1-11-8-19(21-17-6-4-13(20)9-15(11)17)23-22-12(2)16-10-14(25-3)5-7-18(16)24/h4-10,24H,1-3H3,(H,21,23)/b22-12+. The first-order valence-electron chi connectivity index (χ1n) is 7.72. The molecule has 0 fully saturated rings. The Balaban J connectivity index is 1.91. The highest BCUT2D eigenvalue weighted by Crippen LogP contribution is 2.25. The lowest BCUT2D eigenvalue weighted by Crippen LogP contribution is -2.02. The minimum Gasteiger partial charge on any atom is -0.507 e. The topological polar surface area (TPSA) is 66.7 Å². The number of methoxy groups -OCH3 is 1. The Bertz CT molecular complexity index is 970. The lowest BCUT2D eigenvalue weighted by atomic mass is 10.1. The van der Waals surface area contributed by atoms with Gasteiger partial charge in [0.2, 0.25) is 0 Å². The molecule has 6 heteroatoms. The molecule has 1 heterocycles. The second kappa shape index (κ2) is 6.99.